The molecule has 1 heterocycles. The van der Waals surface area contributed by atoms with Crippen LogP contribution in [0.4, 0.5) is 0 Å². The Kier molecular flexibility index (Phi) is 5.18. The summed E-state index contributed by atoms with van der Waals surface area (Å²) in [6, 6.07) is 7.98. The molecule has 0 spiro atoms. The van der Waals surface area contributed by atoms with Crippen LogP contribution in [0, 0.1) is 0 Å². The number of aliphatic hydroxyl groups is 1. The maximum Gasteiger partial charge on any atom is 0.227 e. The molecule has 2 atom stereocenters. The first-order chi connectivity index (χ1) is 11.2. The molecule has 2 fully saturated rings. The fourth-order valence-electron chi connectivity index (χ4n) is 3.77. The van der Waals surface area contributed by atoms with E-state index in [2.05, 4.69) is 4.90 Å². The molecule has 1 aliphatic heterocycles. The van der Waals surface area contributed by atoms with Gasteiger partial charge in [-0.05, 0) is 25.3 Å². The van der Waals surface area contributed by atoms with Crippen molar-refractivity contribution in [3.63, 3.8) is 0 Å². The maximum atomic E-state index is 12.5. The van der Waals surface area contributed by atoms with Crippen LogP contribution in [0.25, 0.3) is 0 Å². The third kappa shape index (κ3) is 3.67. The molecular formula is C18H26N2O3. The number of rotatable bonds is 4. The molecule has 126 valence electrons. The molecule has 1 N–H and O–H groups in total. The number of hydrogen-bond donors (Lipinski definition) is 1. The summed E-state index contributed by atoms with van der Waals surface area (Å²) in [5, 5.41) is 10.0. The van der Waals surface area contributed by atoms with E-state index >= 15 is 0 Å². The first-order valence-electron chi connectivity index (χ1n) is 8.51. The molecule has 5 nitrogen and oxygen atoms in total. The molecule has 1 amide bonds. The predicted molar refractivity (Wildman–Crippen MR) is 88.5 cm³/mol. The second-order valence-electron chi connectivity index (χ2n) is 6.47. The van der Waals surface area contributed by atoms with E-state index in [0.717, 1.165) is 56.8 Å². The number of carbonyl (C=O) groups is 1. The number of piperazine rings is 1. The number of ether oxygens (including phenoxy) is 1. The van der Waals surface area contributed by atoms with Crippen LogP contribution in [0.3, 0.4) is 0 Å². The Morgan fingerprint density at radius 2 is 1.96 bits per heavy atom. The molecule has 1 aromatic carbocycles. The van der Waals surface area contributed by atoms with E-state index in [-0.39, 0.29) is 12.0 Å². The molecule has 3 rings (SSSR count). The molecule has 0 aromatic heterocycles. The van der Waals surface area contributed by atoms with E-state index in [1.54, 1.807) is 7.11 Å². The van der Waals surface area contributed by atoms with Crippen LogP contribution in [-0.4, -0.2) is 66.2 Å². The van der Waals surface area contributed by atoms with Gasteiger partial charge >= 0.3 is 0 Å². The number of amides is 1. The highest BCUT2D eigenvalue weighted by molar-refractivity contribution is 5.79. The molecule has 1 aromatic rings. The van der Waals surface area contributed by atoms with Crippen molar-refractivity contribution in [1.29, 1.82) is 0 Å². The summed E-state index contributed by atoms with van der Waals surface area (Å²) in [6.45, 7) is 3.22. The fraction of sp³-hybridized carbons (Fsp3) is 0.611. The van der Waals surface area contributed by atoms with Gasteiger partial charge in [0.15, 0.2) is 0 Å². The SMILES string of the molecule is COc1ccccc1CC(=O)N1CCN(C2CCCC2O)CC1. The van der Waals surface area contributed by atoms with Gasteiger partial charge < -0.3 is 14.7 Å². The number of benzene rings is 1. The molecule has 23 heavy (non-hydrogen) atoms. The lowest BCUT2D eigenvalue weighted by Crippen LogP contribution is -2.53. The van der Waals surface area contributed by atoms with Crippen LogP contribution >= 0.6 is 0 Å². The van der Waals surface area contributed by atoms with Crippen molar-refractivity contribution in [2.75, 3.05) is 33.3 Å². The lowest BCUT2D eigenvalue weighted by atomic mass is 10.1. The van der Waals surface area contributed by atoms with Gasteiger partial charge in [-0.3, -0.25) is 9.69 Å². The fourth-order valence-corrected chi connectivity index (χ4v) is 3.77. The maximum absolute atomic E-state index is 12.5. The summed E-state index contributed by atoms with van der Waals surface area (Å²) in [7, 11) is 1.63. The lowest BCUT2D eigenvalue weighted by molar-refractivity contribution is -0.132. The van der Waals surface area contributed by atoms with Crippen molar-refractivity contribution >= 4 is 5.91 Å². The predicted octanol–water partition coefficient (Wildman–Crippen LogP) is 1.30. The van der Waals surface area contributed by atoms with Crippen molar-refractivity contribution < 1.29 is 14.6 Å². The average molecular weight is 318 g/mol. The molecule has 1 aliphatic carbocycles. The van der Waals surface area contributed by atoms with Crippen LogP contribution in [0.15, 0.2) is 24.3 Å². The van der Waals surface area contributed by atoms with Crippen molar-refractivity contribution in [2.45, 2.75) is 37.8 Å². The number of hydrogen-bond acceptors (Lipinski definition) is 4. The highest BCUT2D eigenvalue weighted by Crippen LogP contribution is 2.25. The second kappa shape index (κ2) is 7.32. The summed E-state index contributed by atoms with van der Waals surface area (Å²) in [6.07, 6.45) is 3.30. The minimum Gasteiger partial charge on any atom is -0.496 e. The first-order valence-corrected chi connectivity index (χ1v) is 8.51. The zero-order valence-electron chi connectivity index (χ0n) is 13.8. The van der Waals surface area contributed by atoms with E-state index in [9.17, 15) is 9.90 Å². The highest BCUT2D eigenvalue weighted by Gasteiger charge is 2.33. The van der Waals surface area contributed by atoms with Gasteiger partial charge in [-0.15, -0.1) is 0 Å². The van der Waals surface area contributed by atoms with E-state index in [1.807, 2.05) is 29.2 Å². The van der Waals surface area contributed by atoms with Gasteiger partial charge in [0.1, 0.15) is 5.75 Å². The van der Waals surface area contributed by atoms with Gasteiger partial charge in [-0.25, -0.2) is 0 Å². The average Bonchev–Trinajstić information content (AvgIpc) is 3.01. The summed E-state index contributed by atoms with van der Waals surface area (Å²) in [5.41, 5.74) is 0.939. The van der Waals surface area contributed by atoms with Crippen molar-refractivity contribution in [1.82, 2.24) is 9.80 Å². The lowest BCUT2D eigenvalue weighted by Gasteiger charge is -2.39. The summed E-state index contributed by atoms with van der Waals surface area (Å²) in [5.74, 6) is 0.926. The molecule has 1 saturated carbocycles. The quantitative estimate of drug-likeness (QED) is 0.909. The van der Waals surface area contributed by atoms with E-state index < -0.39 is 0 Å². The van der Waals surface area contributed by atoms with Gasteiger partial charge in [-0.1, -0.05) is 18.2 Å². The largest absolute Gasteiger partial charge is 0.496 e. The molecule has 2 unspecified atom stereocenters. The van der Waals surface area contributed by atoms with Gasteiger partial charge in [0.05, 0.1) is 19.6 Å². The topological polar surface area (TPSA) is 53.0 Å². The third-order valence-corrected chi connectivity index (χ3v) is 5.11. The molecular weight excluding hydrogens is 292 g/mol. The van der Waals surface area contributed by atoms with Gasteiger partial charge in [0, 0.05) is 37.8 Å². The second-order valence-corrected chi connectivity index (χ2v) is 6.47. The zero-order chi connectivity index (χ0) is 16.2. The van der Waals surface area contributed by atoms with E-state index in [0.29, 0.717) is 12.5 Å². The van der Waals surface area contributed by atoms with Gasteiger partial charge in [-0.2, -0.15) is 0 Å². The van der Waals surface area contributed by atoms with Crippen molar-refractivity contribution in [2.24, 2.45) is 0 Å². The molecule has 5 heteroatoms. The summed E-state index contributed by atoms with van der Waals surface area (Å²) < 4.78 is 5.32. The Bertz CT molecular complexity index is 541. The number of aliphatic hydroxyl groups excluding tert-OH is 1. The molecule has 1 saturated heterocycles. The van der Waals surface area contributed by atoms with Gasteiger partial charge in [0.25, 0.3) is 0 Å². The van der Waals surface area contributed by atoms with Crippen LogP contribution in [0.2, 0.25) is 0 Å². The first kappa shape index (κ1) is 16.3. The van der Waals surface area contributed by atoms with Gasteiger partial charge in [0.2, 0.25) is 5.91 Å². The number of methoxy groups -OCH3 is 1. The minimum atomic E-state index is -0.189. The van der Waals surface area contributed by atoms with Crippen molar-refractivity contribution in [3.05, 3.63) is 29.8 Å². The monoisotopic (exact) mass is 318 g/mol. The van der Waals surface area contributed by atoms with E-state index in [1.165, 1.54) is 0 Å². The highest BCUT2D eigenvalue weighted by atomic mass is 16.5. The summed E-state index contributed by atoms with van der Waals surface area (Å²) >= 11 is 0. The third-order valence-electron chi connectivity index (χ3n) is 5.11. The Hall–Kier alpha value is -1.59. The molecule has 2 aliphatic rings. The number of para-hydroxylation sites is 1. The Morgan fingerprint density at radius 3 is 2.61 bits per heavy atom. The van der Waals surface area contributed by atoms with Crippen molar-refractivity contribution in [3.8, 4) is 5.75 Å². The Morgan fingerprint density at radius 1 is 1.22 bits per heavy atom. The Balaban J connectivity index is 1.54. The van der Waals surface area contributed by atoms with Crippen LogP contribution in [0.1, 0.15) is 24.8 Å². The van der Waals surface area contributed by atoms with E-state index in [4.69, 9.17) is 4.74 Å². The van der Waals surface area contributed by atoms with Crippen LogP contribution in [0.5, 0.6) is 5.75 Å². The Labute approximate surface area is 137 Å². The minimum absolute atomic E-state index is 0.154. The number of carbonyl (C=O) groups excluding carboxylic acids is 1. The standard InChI is InChI=1S/C18H26N2O3/c1-23-17-8-3-2-5-14(17)13-18(22)20-11-9-19(10-12-20)15-6-4-7-16(15)21/h2-3,5,8,15-16,21H,4,6-7,9-13H2,1H3. The van der Waals surface area contributed by atoms with Crippen LogP contribution in [-0.2, 0) is 11.2 Å². The summed E-state index contributed by atoms with van der Waals surface area (Å²) in [4.78, 5) is 16.8. The zero-order valence-corrected chi connectivity index (χ0v) is 13.8. The molecule has 0 radical (unpaired) electrons. The smallest absolute Gasteiger partial charge is 0.227 e. The number of nitrogens with zero attached hydrogens (tertiary/aromatic N) is 2. The van der Waals surface area contributed by atoms with Crippen LogP contribution < -0.4 is 4.74 Å². The normalized spacial score (nSPS) is 25.6. The molecule has 0 bridgehead atoms.